The smallest absolute Gasteiger partial charge is 0.335 e. The molecule has 0 spiro atoms. The first kappa shape index (κ1) is 15.5. The highest BCUT2D eigenvalue weighted by Crippen LogP contribution is 2.13. The van der Waals surface area contributed by atoms with E-state index in [0.717, 1.165) is 5.56 Å². The molecule has 6 nitrogen and oxygen atoms in total. The van der Waals surface area contributed by atoms with E-state index >= 15 is 0 Å². The summed E-state index contributed by atoms with van der Waals surface area (Å²) in [5.41, 5.74) is 6.99. The van der Waals surface area contributed by atoms with Crippen LogP contribution in [0.5, 0.6) is 5.75 Å². The minimum absolute atomic E-state index is 0.107. The number of hydrogen-bond donors (Lipinski definition) is 3. The maximum absolute atomic E-state index is 11.8. The molecule has 22 heavy (non-hydrogen) atoms. The second kappa shape index (κ2) is 7.24. The summed E-state index contributed by atoms with van der Waals surface area (Å²) in [7, 11) is 0. The minimum Gasteiger partial charge on any atom is -0.484 e. The Balaban J connectivity index is 1.89. The monoisotopic (exact) mass is 300 g/mol. The van der Waals surface area contributed by atoms with Crippen LogP contribution < -0.4 is 15.8 Å². The van der Waals surface area contributed by atoms with Crippen LogP contribution in [0.4, 0.5) is 5.69 Å². The molecule has 2 aromatic carbocycles. The molecule has 0 atom stereocenters. The Morgan fingerprint density at radius 3 is 2.50 bits per heavy atom. The maximum Gasteiger partial charge on any atom is 0.335 e. The summed E-state index contributed by atoms with van der Waals surface area (Å²) >= 11 is 0. The Morgan fingerprint density at radius 1 is 1.14 bits per heavy atom. The van der Waals surface area contributed by atoms with E-state index in [1.807, 2.05) is 12.1 Å². The zero-order chi connectivity index (χ0) is 15.9. The number of ether oxygens (including phenoxy) is 1. The van der Waals surface area contributed by atoms with Crippen molar-refractivity contribution in [2.24, 2.45) is 5.73 Å². The quantitative estimate of drug-likeness (QED) is 0.756. The van der Waals surface area contributed by atoms with E-state index in [2.05, 4.69) is 5.32 Å². The van der Waals surface area contributed by atoms with Crippen LogP contribution in [0.15, 0.2) is 48.5 Å². The van der Waals surface area contributed by atoms with E-state index in [9.17, 15) is 9.59 Å². The van der Waals surface area contributed by atoms with Crippen molar-refractivity contribution in [1.29, 1.82) is 0 Å². The summed E-state index contributed by atoms with van der Waals surface area (Å²) in [5.74, 6) is -0.857. The van der Waals surface area contributed by atoms with Gasteiger partial charge in [0, 0.05) is 12.2 Å². The molecule has 0 aromatic heterocycles. The fourth-order valence-corrected chi connectivity index (χ4v) is 1.80. The van der Waals surface area contributed by atoms with Gasteiger partial charge in [0.1, 0.15) is 5.75 Å². The van der Waals surface area contributed by atoms with E-state index < -0.39 is 5.97 Å². The fourth-order valence-electron chi connectivity index (χ4n) is 1.80. The molecule has 0 bridgehead atoms. The third-order valence-electron chi connectivity index (χ3n) is 2.92. The number of amides is 1. The Kier molecular flexibility index (Phi) is 5.11. The van der Waals surface area contributed by atoms with Gasteiger partial charge in [-0.3, -0.25) is 4.79 Å². The molecule has 114 valence electrons. The highest BCUT2D eigenvalue weighted by Gasteiger charge is 2.07. The van der Waals surface area contributed by atoms with Gasteiger partial charge < -0.3 is 20.9 Å². The lowest BCUT2D eigenvalue weighted by Gasteiger charge is -2.08. The highest BCUT2D eigenvalue weighted by molar-refractivity contribution is 5.94. The molecule has 0 unspecified atom stereocenters. The van der Waals surface area contributed by atoms with Crippen molar-refractivity contribution in [3.8, 4) is 5.75 Å². The van der Waals surface area contributed by atoms with Gasteiger partial charge in [0.25, 0.3) is 5.91 Å². The number of aromatic carboxylic acids is 1. The van der Waals surface area contributed by atoms with Gasteiger partial charge in [0.2, 0.25) is 0 Å². The van der Waals surface area contributed by atoms with Gasteiger partial charge >= 0.3 is 5.97 Å². The second-order valence-corrected chi connectivity index (χ2v) is 4.57. The third-order valence-corrected chi connectivity index (χ3v) is 2.92. The molecule has 2 rings (SSSR count). The molecule has 0 saturated carbocycles. The van der Waals surface area contributed by atoms with Crippen LogP contribution in [0, 0.1) is 0 Å². The van der Waals surface area contributed by atoms with Crippen molar-refractivity contribution in [2.75, 3.05) is 11.9 Å². The summed E-state index contributed by atoms with van der Waals surface area (Å²) in [6.07, 6.45) is 0. The van der Waals surface area contributed by atoms with Crippen LogP contribution in [0.2, 0.25) is 0 Å². The average Bonchev–Trinajstić information content (AvgIpc) is 2.53. The van der Waals surface area contributed by atoms with E-state index in [0.29, 0.717) is 18.0 Å². The number of carbonyl (C=O) groups excluding carboxylic acids is 1. The Hall–Kier alpha value is -2.86. The molecule has 2 aromatic rings. The van der Waals surface area contributed by atoms with Crippen molar-refractivity contribution < 1.29 is 19.4 Å². The lowest BCUT2D eigenvalue weighted by atomic mass is 10.2. The molecule has 0 heterocycles. The summed E-state index contributed by atoms with van der Waals surface area (Å²) in [6, 6.07) is 13.1. The SMILES string of the molecule is NCc1ccc(OCC(=O)Nc2cccc(C(=O)O)c2)cc1. The van der Waals surface area contributed by atoms with Crippen LogP contribution in [0.25, 0.3) is 0 Å². The number of carboxylic acid groups (broad SMARTS) is 1. The highest BCUT2D eigenvalue weighted by atomic mass is 16.5. The first-order valence-corrected chi connectivity index (χ1v) is 6.63. The Bertz CT molecular complexity index is 668. The van der Waals surface area contributed by atoms with Gasteiger partial charge in [0.05, 0.1) is 5.56 Å². The van der Waals surface area contributed by atoms with Gasteiger partial charge in [-0.05, 0) is 35.9 Å². The molecule has 6 heteroatoms. The van der Waals surface area contributed by atoms with Crippen molar-refractivity contribution in [1.82, 2.24) is 0 Å². The topological polar surface area (TPSA) is 102 Å². The van der Waals surface area contributed by atoms with Gasteiger partial charge in [-0.1, -0.05) is 18.2 Å². The number of rotatable bonds is 6. The number of nitrogens with two attached hydrogens (primary N) is 1. The predicted molar refractivity (Wildman–Crippen MR) is 81.9 cm³/mol. The second-order valence-electron chi connectivity index (χ2n) is 4.57. The predicted octanol–water partition coefficient (Wildman–Crippen LogP) is 1.86. The maximum atomic E-state index is 11.8. The molecular formula is C16H16N2O4. The van der Waals surface area contributed by atoms with Crippen molar-refractivity contribution in [3.05, 3.63) is 59.7 Å². The van der Waals surface area contributed by atoms with E-state index in [1.165, 1.54) is 12.1 Å². The normalized spacial score (nSPS) is 10.0. The molecule has 1 amide bonds. The van der Waals surface area contributed by atoms with Crippen LogP contribution in [-0.2, 0) is 11.3 Å². The molecule has 0 radical (unpaired) electrons. The number of benzene rings is 2. The fraction of sp³-hybridized carbons (Fsp3) is 0.125. The van der Waals surface area contributed by atoms with Gasteiger partial charge in [-0.25, -0.2) is 4.79 Å². The number of hydrogen-bond acceptors (Lipinski definition) is 4. The molecule has 4 N–H and O–H groups in total. The zero-order valence-corrected chi connectivity index (χ0v) is 11.8. The summed E-state index contributed by atoms with van der Waals surface area (Å²) in [5, 5.41) is 11.5. The van der Waals surface area contributed by atoms with Gasteiger partial charge in [0.15, 0.2) is 6.61 Å². The molecular weight excluding hydrogens is 284 g/mol. The number of carboxylic acids is 1. The number of anilines is 1. The third kappa shape index (κ3) is 4.32. The van der Waals surface area contributed by atoms with Crippen LogP contribution >= 0.6 is 0 Å². The van der Waals surface area contributed by atoms with E-state index in [4.69, 9.17) is 15.6 Å². The first-order chi connectivity index (χ1) is 10.6. The lowest BCUT2D eigenvalue weighted by Crippen LogP contribution is -2.20. The lowest BCUT2D eigenvalue weighted by molar-refractivity contribution is -0.118. The summed E-state index contributed by atoms with van der Waals surface area (Å²) < 4.78 is 5.35. The molecule has 0 fully saturated rings. The number of carbonyl (C=O) groups is 2. The molecule has 0 aliphatic heterocycles. The largest absolute Gasteiger partial charge is 0.484 e. The minimum atomic E-state index is -1.05. The standard InChI is InChI=1S/C16H16N2O4/c17-9-11-4-6-14(7-5-11)22-10-15(19)18-13-3-1-2-12(8-13)16(20)21/h1-8H,9-10,17H2,(H,18,19)(H,20,21). The zero-order valence-electron chi connectivity index (χ0n) is 11.8. The van der Waals surface area contributed by atoms with Crippen LogP contribution in [-0.4, -0.2) is 23.6 Å². The van der Waals surface area contributed by atoms with Crippen molar-refractivity contribution in [3.63, 3.8) is 0 Å². The molecule has 0 aliphatic rings. The van der Waals surface area contributed by atoms with E-state index in [1.54, 1.807) is 24.3 Å². The van der Waals surface area contributed by atoms with Crippen LogP contribution in [0.1, 0.15) is 15.9 Å². The summed E-state index contributed by atoms with van der Waals surface area (Å²) in [6.45, 7) is 0.278. The van der Waals surface area contributed by atoms with Crippen molar-refractivity contribution in [2.45, 2.75) is 6.54 Å². The number of nitrogens with one attached hydrogen (secondary N) is 1. The Morgan fingerprint density at radius 2 is 1.86 bits per heavy atom. The van der Waals surface area contributed by atoms with Crippen molar-refractivity contribution >= 4 is 17.6 Å². The Labute approximate surface area is 127 Å². The van der Waals surface area contributed by atoms with E-state index in [-0.39, 0.29) is 18.1 Å². The first-order valence-electron chi connectivity index (χ1n) is 6.63. The molecule has 0 aliphatic carbocycles. The van der Waals surface area contributed by atoms with Crippen LogP contribution in [0.3, 0.4) is 0 Å². The average molecular weight is 300 g/mol. The van der Waals surface area contributed by atoms with Gasteiger partial charge in [-0.2, -0.15) is 0 Å². The summed E-state index contributed by atoms with van der Waals surface area (Å²) in [4.78, 5) is 22.6. The molecule has 0 saturated heterocycles. The van der Waals surface area contributed by atoms with Gasteiger partial charge in [-0.15, -0.1) is 0 Å².